The maximum Gasteiger partial charge on any atom is 0.254 e. The summed E-state index contributed by atoms with van der Waals surface area (Å²) in [5, 5.41) is 6.40. The summed E-state index contributed by atoms with van der Waals surface area (Å²) in [6.07, 6.45) is 3.40. The van der Waals surface area contributed by atoms with Gasteiger partial charge in [-0.3, -0.25) is 4.79 Å². The van der Waals surface area contributed by atoms with Gasteiger partial charge >= 0.3 is 0 Å². The molecule has 1 heterocycles. The Kier molecular flexibility index (Phi) is 6.33. The summed E-state index contributed by atoms with van der Waals surface area (Å²) in [6.45, 7) is 0.806. The Morgan fingerprint density at radius 1 is 1.00 bits per heavy atom. The Bertz CT molecular complexity index is 918. The number of hydrogen-bond acceptors (Lipinski definition) is 4. The molecule has 1 aromatic heterocycles. The van der Waals surface area contributed by atoms with Crippen LogP contribution >= 0.6 is 11.6 Å². The molecule has 7 heteroatoms. The van der Waals surface area contributed by atoms with E-state index < -0.39 is 0 Å². The van der Waals surface area contributed by atoms with E-state index in [0.717, 1.165) is 5.56 Å². The number of carbonyl (C=O) groups excluding carboxylic acids is 1. The predicted octanol–water partition coefficient (Wildman–Crippen LogP) is 3.85. The number of hydrogen-bond donors (Lipinski definition) is 2. The van der Waals surface area contributed by atoms with Crippen LogP contribution in [0.2, 0.25) is 5.02 Å². The number of aromatic nitrogens is 2. The van der Waals surface area contributed by atoms with E-state index in [1.165, 1.54) is 18.5 Å². The van der Waals surface area contributed by atoms with Gasteiger partial charge in [-0.2, -0.15) is 0 Å². The Hall–Kier alpha value is -2.99. The maximum absolute atomic E-state index is 13.6. The van der Waals surface area contributed by atoms with E-state index in [2.05, 4.69) is 20.6 Å². The first-order chi connectivity index (χ1) is 13.1. The molecule has 5 nitrogen and oxygen atoms in total. The average Bonchev–Trinajstić information content (AvgIpc) is 2.69. The molecule has 0 spiro atoms. The SMILES string of the molecule is O=C(NCc1ccccc1Cl)c1cnc(NCCc2ccccc2F)nc1. The monoisotopic (exact) mass is 384 g/mol. The molecule has 0 aliphatic carbocycles. The second-order valence-electron chi connectivity index (χ2n) is 5.84. The minimum Gasteiger partial charge on any atom is -0.354 e. The third kappa shape index (κ3) is 5.24. The van der Waals surface area contributed by atoms with Gasteiger partial charge in [-0.1, -0.05) is 48.0 Å². The molecule has 2 N–H and O–H groups in total. The van der Waals surface area contributed by atoms with Crippen molar-refractivity contribution < 1.29 is 9.18 Å². The van der Waals surface area contributed by atoms with Crippen molar-refractivity contribution in [1.82, 2.24) is 15.3 Å². The number of nitrogens with zero attached hydrogens (tertiary/aromatic N) is 2. The van der Waals surface area contributed by atoms with Crippen LogP contribution < -0.4 is 10.6 Å². The predicted molar refractivity (Wildman–Crippen MR) is 103 cm³/mol. The zero-order chi connectivity index (χ0) is 19.1. The normalized spacial score (nSPS) is 10.4. The molecule has 0 fully saturated rings. The van der Waals surface area contributed by atoms with Gasteiger partial charge in [-0.05, 0) is 29.7 Å². The standard InChI is InChI=1S/C20H18ClFN4O/c21-17-7-3-1-6-15(17)11-24-19(27)16-12-25-20(26-13-16)23-10-9-14-5-2-4-8-18(14)22/h1-8,12-13H,9-11H2,(H,24,27)(H,23,25,26). The molecule has 3 rings (SSSR count). The Morgan fingerprint density at radius 2 is 1.67 bits per heavy atom. The van der Waals surface area contributed by atoms with Gasteiger partial charge in [0.25, 0.3) is 5.91 Å². The van der Waals surface area contributed by atoms with Gasteiger partial charge in [-0.25, -0.2) is 14.4 Å². The molecular weight excluding hydrogens is 367 g/mol. The summed E-state index contributed by atoms with van der Waals surface area (Å²) in [7, 11) is 0. The van der Waals surface area contributed by atoms with Crippen LogP contribution in [-0.2, 0) is 13.0 Å². The zero-order valence-corrected chi connectivity index (χ0v) is 15.2. The molecule has 0 unspecified atom stereocenters. The number of anilines is 1. The minimum absolute atomic E-state index is 0.231. The quantitative estimate of drug-likeness (QED) is 0.649. The first kappa shape index (κ1) is 18.8. The number of rotatable bonds is 7. The van der Waals surface area contributed by atoms with Crippen molar-refractivity contribution in [1.29, 1.82) is 0 Å². The van der Waals surface area contributed by atoms with Gasteiger partial charge in [-0.15, -0.1) is 0 Å². The van der Waals surface area contributed by atoms with Crippen LogP contribution in [0.3, 0.4) is 0 Å². The summed E-state index contributed by atoms with van der Waals surface area (Å²) >= 11 is 6.07. The van der Waals surface area contributed by atoms with E-state index in [9.17, 15) is 9.18 Å². The summed E-state index contributed by atoms with van der Waals surface area (Å²) in [4.78, 5) is 20.4. The zero-order valence-electron chi connectivity index (χ0n) is 14.5. The fourth-order valence-corrected chi connectivity index (χ4v) is 2.67. The Balaban J connectivity index is 1.50. The lowest BCUT2D eigenvalue weighted by atomic mass is 10.1. The summed E-state index contributed by atoms with van der Waals surface area (Å²) in [6, 6.07) is 13.9. The highest BCUT2D eigenvalue weighted by Crippen LogP contribution is 2.14. The number of halogens is 2. The number of benzene rings is 2. The first-order valence-corrected chi connectivity index (χ1v) is 8.82. The van der Waals surface area contributed by atoms with E-state index in [4.69, 9.17) is 11.6 Å². The third-order valence-electron chi connectivity index (χ3n) is 3.95. The molecule has 27 heavy (non-hydrogen) atoms. The van der Waals surface area contributed by atoms with Crippen LogP contribution in [-0.4, -0.2) is 22.4 Å². The van der Waals surface area contributed by atoms with Gasteiger partial charge in [0.1, 0.15) is 5.82 Å². The van der Waals surface area contributed by atoms with Gasteiger partial charge in [0.2, 0.25) is 5.95 Å². The van der Waals surface area contributed by atoms with E-state index in [1.807, 2.05) is 18.2 Å². The fraction of sp³-hybridized carbons (Fsp3) is 0.150. The van der Waals surface area contributed by atoms with Gasteiger partial charge in [0.15, 0.2) is 0 Å². The topological polar surface area (TPSA) is 66.9 Å². The highest BCUT2D eigenvalue weighted by atomic mass is 35.5. The fourth-order valence-electron chi connectivity index (χ4n) is 2.47. The second kappa shape index (κ2) is 9.09. The molecule has 2 aromatic carbocycles. The van der Waals surface area contributed by atoms with Crippen molar-refractivity contribution in [3.8, 4) is 0 Å². The first-order valence-electron chi connectivity index (χ1n) is 8.44. The van der Waals surface area contributed by atoms with Gasteiger partial charge < -0.3 is 10.6 Å². The molecule has 1 amide bonds. The third-order valence-corrected chi connectivity index (χ3v) is 4.32. The largest absolute Gasteiger partial charge is 0.354 e. The van der Waals surface area contributed by atoms with Gasteiger partial charge in [0, 0.05) is 30.5 Å². The molecule has 0 saturated carbocycles. The van der Waals surface area contributed by atoms with Crippen molar-refractivity contribution in [2.75, 3.05) is 11.9 Å². The van der Waals surface area contributed by atoms with Crippen molar-refractivity contribution in [3.63, 3.8) is 0 Å². The summed E-state index contributed by atoms with van der Waals surface area (Å²) in [5.74, 6) is -0.132. The van der Waals surface area contributed by atoms with E-state index in [0.29, 0.717) is 41.6 Å². The summed E-state index contributed by atoms with van der Waals surface area (Å²) < 4.78 is 13.6. The molecule has 0 radical (unpaired) electrons. The lowest BCUT2D eigenvalue weighted by Gasteiger charge is -2.08. The lowest BCUT2D eigenvalue weighted by Crippen LogP contribution is -2.23. The number of nitrogens with one attached hydrogen (secondary N) is 2. The second-order valence-corrected chi connectivity index (χ2v) is 6.24. The number of carbonyl (C=O) groups is 1. The van der Waals surface area contributed by atoms with Crippen LogP contribution in [0.15, 0.2) is 60.9 Å². The van der Waals surface area contributed by atoms with E-state index in [-0.39, 0.29) is 11.7 Å². The van der Waals surface area contributed by atoms with Gasteiger partial charge in [0.05, 0.1) is 5.56 Å². The Morgan fingerprint density at radius 3 is 2.37 bits per heavy atom. The van der Waals surface area contributed by atoms with Crippen LogP contribution in [0, 0.1) is 5.82 Å². The van der Waals surface area contributed by atoms with Crippen molar-refractivity contribution in [3.05, 3.63) is 88.5 Å². The van der Waals surface area contributed by atoms with Crippen molar-refractivity contribution in [2.45, 2.75) is 13.0 Å². The number of amides is 1. The molecule has 0 aliphatic rings. The molecule has 0 atom stereocenters. The van der Waals surface area contributed by atoms with Crippen LogP contribution in [0.5, 0.6) is 0 Å². The van der Waals surface area contributed by atoms with Crippen molar-refractivity contribution >= 4 is 23.5 Å². The van der Waals surface area contributed by atoms with Crippen molar-refractivity contribution in [2.24, 2.45) is 0 Å². The molecule has 0 bridgehead atoms. The smallest absolute Gasteiger partial charge is 0.254 e. The molecular formula is C20H18ClFN4O. The maximum atomic E-state index is 13.6. The average molecular weight is 385 g/mol. The van der Waals surface area contributed by atoms with Crippen LogP contribution in [0.1, 0.15) is 21.5 Å². The van der Waals surface area contributed by atoms with Crippen LogP contribution in [0.25, 0.3) is 0 Å². The lowest BCUT2D eigenvalue weighted by molar-refractivity contribution is 0.0950. The molecule has 0 saturated heterocycles. The highest BCUT2D eigenvalue weighted by Gasteiger charge is 2.08. The van der Waals surface area contributed by atoms with E-state index in [1.54, 1.807) is 24.3 Å². The summed E-state index contributed by atoms with van der Waals surface area (Å²) in [5.41, 5.74) is 1.81. The highest BCUT2D eigenvalue weighted by molar-refractivity contribution is 6.31. The molecule has 3 aromatic rings. The Labute approximate surface area is 161 Å². The molecule has 138 valence electrons. The van der Waals surface area contributed by atoms with Crippen LogP contribution in [0.4, 0.5) is 10.3 Å². The molecule has 0 aliphatic heterocycles. The minimum atomic E-state index is -0.284. The van der Waals surface area contributed by atoms with E-state index >= 15 is 0 Å².